The van der Waals surface area contributed by atoms with Crippen molar-refractivity contribution in [2.45, 2.75) is 25.7 Å². The lowest BCUT2D eigenvalue weighted by molar-refractivity contribution is -0.134. The van der Waals surface area contributed by atoms with E-state index in [1.54, 1.807) is 18.2 Å². The van der Waals surface area contributed by atoms with Crippen LogP contribution in [0.5, 0.6) is 11.5 Å². The first-order chi connectivity index (χ1) is 12.1. The van der Waals surface area contributed by atoms with E-state index < -0.39 is 11.8 Å². The van der Waals surface area contributed by atoms with E-state index in [-0.39, 0.29) is 29.5 Å². The fourth-order valence-corrected chi connectivity index (χ4v) is 2.30. The molecule has 0 atom stereocenters. The molecular weight excluding hydrogens is 347 g/mol. The molecule has 2 aromatic rings. The number of ether oxygens (including phenoxy) is 2. The Morgan fingerprint density at radius 1 is 0.920 bits per heavy atom. The van der Waals surface area contributed by atoms with Gasteiger partial charge in [-0.05, 0) is 37.1 Å². The summed E-state index contributed by atoms with van der Waals surface area (Å²) in [6, 6.07) is 11.6. The molecule has 0 aromatic heterocycles. The minimum absolute atomic E-state index is 0.163. The van der Waals surface area contributed by atoms with Crippen molar-refractivity contribution >= 4 is 23.5 Å². The Bertz CT molecular complexity index is 733. The minimum Gasteiger partial charge on any atom is -0.426 e. The summed E-state index contributed by atoms with van der Waals surface area (Å²) in [5, 5.41) is 0. The van der Waals surface area contributed by atoms with Crippen LogP contribution in [0, 0.1) is 5.82 Å². The molecule has 4 nitrogen and oxygen atoms in total. The van der Waals surface area contributed by atoms with Crippen molar-refractivity contribution < 1.29 is 23.5 Å². The summed E-state index contributed by atoms with van der Waals surface area (Å²) in [4.78, 5) is 23.8. The molecule has 0 fully saturated rings. The molecule has 0 spiro atoms. The number of esters is 2. The van der Waals surface area contributed by atoms with Gasteiger partial charge < -0.3 is 9.47 Å². The third-order valence-electron chi connectivity index (χ3n) is 3.36. The van der Waals surface area contributed by atoms with Crippen LogP contribution < -0.4 is 9.47 Å². The average Bonchev–Trinajstić information content (AvgIpc) is 2.59. The summed E-state index contributed by atoms with van der Waals surface area (Å²) >= 11 is 5.58. The van der Waals surface area contributed by atoms with Crippen molar-refractivity contribution in [3.8, 4) is 11.5 Å². The van der Waals surface area contributed by atoms with Gasteiger partial charge in [0.05, 0.1) is 5.56 Å². The third-order valence-corrected chi connectivity index (χ3v) is 3.62. The van der Waals surface area contributed by atoms with Crippen LogP contribution in [-0.2, 0) is 4.79 Å². The largest absolute Gasteiger partial charge is 0.426 e. The first-order valence-corrected chi connectivity index (χ1v) is 8.47. The summed E-state index contributed by atoms with van der Waals surface area (Å²) in [7, 11) is 0. The molecule has 0 saturated heterocycles. The fourth-order valence-electron chi connectivity index (χ4n) is 2.11. The number of carbonyl (C=O) groups is 2. The number of carbonyl (C=O) groups excluding carboxylic acids is 2. The lowest BCUT2D eigenvalue weighted by Gasteiger charge is -2.08. The summed E-state index contributed by atoms with van der Waals surface area (Å²) in [6.45, 7) is 0. The minimum atomic E-state index is -0.817. The molecule has 2 aromatic carbocycles. The molecule has 2 rings (SSSR count). The zero-order valence-corrected chi connectivity index (χ0v) is 14.3. The number of hydrogen-bond acceptors (Lipinski definition) is 4. The van der Waals surface area contributed by atoms with Gasteiger partial charge in [-0.15, -0.1) is 11.6 Å². The molecule has 0 N–H and O–H groups in total. The van der Waals surface area contributed by atoms with Gasteiger partial charge in [0.15, 0.2) is 0 Å². The van der Waals surface area contributed by atoms with E-state index in [1.807, 2.05) is 0 Å². The maximum atomic E-state index is 13.6. The van der Waals surface area contributed by atoms with Crippen LogP contribution in [-0.4, -0.2) is 17.8 Å². The van der Waals surface area contributed by atoms with Gasteiger partial charge in [-0.25, -0.2) is 9.18 Å². The second kappa shape index (κ2) is 9.79. The SMILES string of the molecule is O=C(CCCCCCl)Oc1cccc(OC(=O)c2ccccc2F)c1. The molecule has 0 saturated carbocycles. The van der Waals surface area contributed by atoms with Crippen molar-refractivity contribution in [1.82, 2.24) is 0 Å². The Hall–Kier alpha value is -2.40. The van der Waals surface area contributed by atoms with Gasteiger partial charge in [-0.3, -0.25) is 4.79 Å². The second-order valence-corrected chi connectivity index (χ2v) is 5.70. The van der Waals surface area contributed by atoms with Crippen molar-refractivity contribution in [1.29, 1.82) is 0 Å². The number of alkyl halides is 1. The summed E-state index contributed by atoms with van der Waals surface area (Å²) in [5.41, 5.74) is -0.163. The van der Waals surface area contributed by atoms with E-state index in [0.29, 0.717) is 12.3 Å². The zero-order valence-electron chi connectivity index (χ0n) is 13.5. The van der Waals surface area contributed by atoms with Crippen LogP contribution in [0.25, 0.3) is 0 Å². The first kappa shape index (κ1) is 18.9. The van der Waals surface area contributed by atoms with Crippen LogP contribution in [0.15, 0.2) is 48.5 Å². The van der Waals surface area contributed by atoms with Crippen LogP contribution in [0.4, 0.5) is 4.39 Å². The van der Waals surface area contributed by atoms with Gasteiger partial charge in [-0.1, -0.05) is 24.6 Å². The molecule has 0 heterocycles. The highest BCUT2D eigenvalue weighted by molar-refractivity contribution is 6.17. The Balaban J connectivity index is 1.93. The highest BCUT2D eigenvalue weighted by Crippen LogP contribution is 2.21. The van der Waals surface area contributed by atoms with E-state index in [4.69, 9.17) is 21.1 Å². The predicted octanol–water partition coefficient (Wildman–Crippen LogP) is 4.75. The van der Waals surface area contributed by atoms with Gasteiger partial charge >= 0.3 is 11.9 Å². The topological polar surface area (TPSA) is 52.6 Å². The standard InChI is InChI=1S/C19H18ClFO4/c20-12-5-1-2-11-18(22)24-14-7-6-8-15(13-14)25-19(23)16-9-3-4-10-17(16)21/h3-4,6-10,13H,1-2,5,11-12H2. The molecule has 0 radical (unpaired) electrons. The number of unbranched alkanes of at least 4 members (excludes halogenated alkanes) is 2. The summed E-state index contributed by atoms with van der Waals surface area (Å²) < 4.78 is 23.9. The molecule has 0 bridgehead atoms. The lowest BCUT2D eigenvalue weighted by atomic mass is 10.2. The Labute approximate surface area is 150 Å². The maximum Gasteiger partial charge on any atom is 0.346 e. The molecule has 0 aliphatic heterocycles. The molecule has 0 amide bonds. The van der Waals surface area contributed by atoms with Crippen molar-refractivity contribution in [3.05, 3.63) is 59.9 Å². The number of benzene rings is 2. The summed E-state index contributed by atoms with van der Waals surface area (Å²) in [5.74, 6) is -0.839. The van der Waals surface area contributed by atoms with Crippen molar-refractivity contribution in [2.75, 3.05) is 5.88 Å². The Morgan fingerprint density at radius 2 is 1.64 bits per heavy atom. The first-order valence-electron chi connectivity index (χ1n) is 7.93. The summed E-state index contributed by atoms with van der Waals surface area (Å²) in [6.07, 6.45) is 2.71. The van der Waals surface area contributed by atoms with Crippen LogP contribution in [0.2, 0.25) is 0 Å². The number of rotatable bonds is 8. The van der Waals surface area contributed by atoms with Gasteiger partial charge in [-0.2, -0.15) is 0 Å². The predicted molar refractivity (Wildman–Crippen MR) is 92.6 cm³/mol. The van der Waals surface area contributed by atoms with E-state index in [1.165, 1.54) is 30.3 Å². The number of hydrogen-bond donors (Lipinski definition) is 0. The van der Waals surface area contributed by atoms with E-state index in [0.717, 1.165) is 12.8 Å². The Kier molecular flexibility index (Phi) is 7.41. The van der Waals surface area contributed by atoms with Crippen molar-refractivity contribution in [2.24, 2.45) is 0 Å². The molecule has 0 unspecified atom stereocenters. The van der Waals surface area contributed by atoms with Crippen LogP contribution in [0.3, 0.4) is 0 Å². The monoisotopic (exact) mass is 364 g/mol. The van der Waals surface area contributed by atoms with Gasteiger partial charge in [0.25, 0.3) is 0 Å². The molecular formula is C19H18ClFO4. The Morgan fingerprint density at radius 3 is 2.36 bits per heavy atom. The molecule has 132 valence electrons. The quantitative estimate of drug-likeness (QED) is 0.293. The number of halogens is 2. The van der Waals surface area contributed by atoms with E-state index in [2.05, 4.69) is 0 Å². The molecule has 0 aliphatic rings. The van der Waals surface area contributed by atoms with Gasteiger partial charge in [0, 0.05) is 18.4 Å². The van der Waals surface area contributed by atoms with E-state index in [9.17, 15) is 14.0 Å². The average molecular weight is 365 g/mol. The van der Waals surface area contributed by atoms with Gasteiger partial charge in [0.2, 0.25) is 0 Å². The molecule has 25 heavy (non-hydrogen) atoms. The zero-order chi connectivity index (χ0) is 18.1. The highest BCUT2D eigenvalue weighted by atomic mass is 35.5. The normalized spacial score (nSPS) is 10.3. The van der Waals surface area contributed by atoms with Crippen LogP contribution in [0.1, 0.15) is 36.0 Å². The fraction of sp³-hybridized carbons (Fsp3) is 0.263. The lowest BCUT2D eigenvalue weighted by Crippen LogP contribution is -2.11. The molecule has 6 heteroatoms. The second-order valence-electron chi connectivity index (χ2n) is 5.32. The van der Waals surface area contributed by atoms with Gasteiger partial charge in [0.1, 0.15) is 17.3 Å². The maximum absolute atomic E-state index is 13.6. The van der Waals surface area contributed by atoms with Crippen molar-refractivity contribution in [3.63, 3.8) is 0 Å². The third kappa shape index (κ3) is 6.19. The highest BCUT2D eigenvalue weighted by Gasteiger charge is 2.14. The molecule has 0 aliphatic carbocycles. The van der Waals surface area contributed by atoms with E-state index >= 15 is 0 Å². The smallest absolute Gasteiger partial charge is 0.346 e. The van der Waals surface area contributed by atoms with Crippen LogP contribution >= 0.6 is 11.6 Å².